The van der Waals surface area contributed by atoms with Crippen LogP contribution in [0, 0.1) is 6.92 Å². The van der Waals surface area contributed by atoms with E-state index >= 15 is 0 Å². The highest BCUT2D eigenvalue weighted by atomic mass is 35.5. The average Bonchev–Trinajstić information content (AvgIpc) is 2.39. The predicted octanol–water partition coefficient (Wildman–Crippen LogP) is 3.69. The zero-order chi connectivity index (χ0) is 14.8. The molecular weight excluding hydrogens is 294 g/mol. The lowest BCUT2D eigenvalue weighted by molar-refractivity contribution is 0.567. The molecule has 0 saturated carbocycles. The Kier molecular flexibility index (Phi) is 4.48. The highest BCUT2D eigenvalue weighted by Gasteiger charge is 2.19. The maximum absolute atomic E-state index is 12.3. The van der Waals surface area contributed by atoms with Crippen LogP contribution in [0.25, 0.3) is 0 Å². The van der Waals surface area contributed by atoms with Gasteiger partial charge in [0.25, 0.3) is 0 Å². The van der Waals surface area contributed by atoms with Gasteiger partial charge in [0.1, 0.15) is 0 Å². The molecule has 0 amide bonds. The summed E-state index contributed by atoms with van der Waals surface area (Å²) in [5.74, 6) is 0. The molecule has 5 heteroatoms. The van der Waals surface area contributed by atoms with Gasteiger partial charge in [-0.2, -0.15) is 0 Å². The van der Waals surface area contributed by atoms with Crippen LogP contribution in [0.4, 0.5) is 0 Å². The smallest absolute Gasteiger partial charge is 0.207 e. The third-order valence-corrected chi connectivity index (χ3v) is 4.94. The molecular formula is C15H16ClNO2S. The first-order valence-corrected chi connectivity index (χ1v) is 8.10. The topological polar surface area (TPSA) is 46.2 Å². The van der Waals surface area contributed by atoms with Crippen LogP contribution in [0.15, 0.2) is 53.4 Å². The Morgan fingerprint density at radius 3 is 2.25 bits per heavy atom. The Hall–Kier alpha value is -1.36. The fourth-order valence-corrected chi connectivity index (χ4v) is 3.43. The number of halogens is 1. The fraction of sp³-hybridized carbons (Fsp3) is 0.200. The summed E-state index contributed by atoms with van der Waals surface area (Å²) in [7, 11) is -3.55. The third kappa shape index (κ3) is 3.39. The molecule has 0 saturated heterocycles. The van der Waals surface area contributed by atoms with Crippen LogP contribution >= 0.6 is 11.6 Å². The molecule has 1 atom stereocenters. The predicted molar refractivity (Wildman–Crippen MR) is 81.4 cm³/mol. The van der Waals surface area contributed by atoms with Gasteiger partial charge in [-0.1, -0.05) is 47.5 Å². The van der Waals surface area contributed by atoms with Gasteiger partial charge in [-0.3, -0.25) is 0 Å². The maximum Gasteiger partial charge on any atom is 0.241 e. The summed E-state index contributed by atoms with van der Waals surface area (Å²) < 4.78 is 27.2. The molecule has 0 bridgehead atoms. The van der Waals surface area contributed by atoms with Gasteiger partial charge in [0, 0.05) is 11.1 Å². The van der Waals surface area contributed by atoms with E-state index in [2.05, 4.69) is 4.72 Å². The third-order valence-electron chi connectivity index (χ3n) is 3.03. The summed E-state index contributed by atoms with van der Waals surface area (Å²) >= 11 is 6.08. The number of benzene rings is 2. The van der Waals surface area contributed by atoms with Crippen molar-refractivity contribution in [3.8, 4) is 0 Å². The quantitative estimate of drug-likeness (QED) is 0.936. The molecule has 0 aliphatic rings. The second-order valence-corrected chi connectivity index (χ2v) is 6.80. The van der Waals surface area contributed by atoms with Crippen molar-refractivity contribution in [2.45, 2.75) is 24.8 Å². The van der Waals surface area contributed by atoms with Gasteiger partial charge in [0.15, 0.2) is 0 Å². The molecule has 2 aromatic rings. The number of hydrogen-bond acceptors (Lipinski definition) is 2. The molecule has 0 radical (unpaired) electrons. The summed E-state index contributed by atoms with van der Waals surface area (Å²) in [6.07, 6.45) is 0. The highest BCUT2D eigenvalue weighted by Crippen LogP contribution is 2.24. The largest absolute Gasteiger partial charge is 0.241 e. The van der Waals surface area contributed by atoms with Gasteiger partial charge in [-0.15, -0.1) is 0 Å². The molecule has 0 fully saturated rings. The highest BCUT2D eigenvalue weighted by molar-refractivity contribution is 7.89. The molecule has 1 unspecified atom stereocenters. The number of hydrogen-bond donors (Lipinski definition) is 1. The first-order valence-electron chi connectivity index (χ1n) is 6.23. The van der Waals surface area contributed by atoms with Gasteiger partial charge in [0.05, 0.1) is 4.90 Å². The molecule has 0 aliphatic carbocycles. The number of nitrogens with one attached hydrogen (secondary N) is 1. The minimum Gasteiger partial charge on any atom is -0.207 e. The van der Waals surface area contributed by atoms with Crippen molar-refractivity contribution in [3.05, 3.63) is 64.7 Å². The first kappa shape index (κ1) is 15.0. The molecule has 2 aromatic carbocycles. The zero-order valence-corrected chi connectivity index (χ0v) is 12.9. The molecule has 2 rings (SSSR count). The first-order chi connectivity index (χ1) is 9.40. The van der Waals surface area contributed by atoms with Gasteiger partial charge in [0.2, 0.25) is 10.0 Å². The van der Waals surface area contributed by atoms with Crippen LogP contribution in [0.5, 0.6) is 0 Å². The number of aryl methyl sites for hydroxylation is 1. The summed E-state index contributed by atoms with van der Waals surface area (Å²) in [6, 6.07) is 13.5. The van der Waals surface area contributed by atoms with Crippen molar-refractivity contribution in [1.29, 1.82) is 0 Å². The molecule has 0 heterocycles. The molecule has 0 aromatic heterocycles. The van der Waals surface area contributed by atoms with Crippen LogP contribution in [0.3, 0.4) is 0 Å². The summed E-state index contributed by atoms with van der Waals surface area (Å²) in [6.45, 7) is 3.68. The Labute approximate surface area is 124 Å². The molecule has 0 spiro atoms. The van der Waals surface area contributed by atoms with Crippen LogP contribution in [-0.4, -0.2) is 8.42 Å². The maximum atomic E-state index is 12.3. The van der Waals surface area contributed by atoms with E-state index in [0.717, 1.165) is 11.1 Å². The van der Waals surface area contributed by atoms with E-state index in [4.69, 9.17) is 11.6 Å². The van der Waals surface area contributed by atoms with Gasteiger partial charge < -0.3 is 0 Å². The molecule has 106 valence electrons. The van der Waals surface area contributed by atoms with E-state index in [-0.39, 0.29) is 4.90 Å². The summed E-state index contributed by atoms with van der Waals surface area (Å²) in [5.41, 5.74) is 1.77. The number of rotatable bonds is 4. The molecule has 1 N–H and O–H groups in total. The number of sulfonamides is 1. The fourth-order valence-electron chi connectivity index (χ4n) is 1.91. The monoisotopic (exact) mass is 309 g/mol. The molecule has 20 heavy (non-hydrogen) atoms. The standard InChI is InChI=1S/C15H16ClNO2S/c1-11-7-9-13(10-8-11)20(18,19)17-12(2)14-5-3-4-6-15(14)16/h3-10,12,17H,1-2H3. The minimum absolute atomic E-state index is 0.252. The Bertz CT molecular complexity index is 696. The van der Waals surface area contributed by atoms with Crippen LogP contribution in [0.2, 0.25) is 5.02 Å². The second-order valence-electron chi connectivity index (χ2n) is 4.68. The Balaban J connectivity index is 2.24. The van der Waals surface area contributed by atoms with E-state index in [1.165, 1.54) is 0 Å². The summed E-state index contributed by atoms with van der Waals surface area (Å²) in [5, 5.41) is 0.548. The van der Waals surface area contributed by atoms with Crippen LogP contribution in [0.1, 0.15) is 24.1 Å². The van der Waals surface area contributed by atoms with Crippen molar-refractivity contribution < 1.29 is 8.42 Å². The summed E-state index contributed by atoms with van der Waals surface area (Å²) in [4.78, 5) is 0.252. The van der Waals surface area contributed by atoms with E-state index in [9.17, 15) is 8.42 Å². The molecule has 3 nitrogen and oxygen atoms in total. The zero-order valence-electron chi connectivity index (χ0n) is 11.3. The second kappa shape index (κ2) is 5.95. The van der Waals surface area contributed by atoms with E-state index in [1.54, 1.807) is 37.3 Å². The van der Waals surface area contributed by atoms with Gasteiger partial charge in [-0.25, -0.2) is 13.1 Å². The van der Waals surface area contributed by atoms with Crippen LogP contribution in [-0.2, 0) is 10.0 Å². The van der Waals surface area contributed by atoms with Crippen molar-refractivity contribution in [2.75, 3.05) is 0 Å². The van der Waals surface area contributed by atoms with Crippen molar-refractivity contribution >= 4 is 21.6 Å². The van der Waals surface area contributed by atoms with E-state index in [1.807, 2.05) is 25.1 Å². The molecule has 0 aliphatic heterocycles. The van der Waals surface area contributed by atoms with Crippen molar-refractivity contribution in [2.24, 2.45) is 0 Å². The lowest BCUT2D eigenvalue weighted by Crippen LogP contribution is -2.27. The lowest BCUT2D eigenvalue weighted by Gasteiger charge is -2.16. The van der Waals surface area contributed by atoms with Gasteiger partial charge in [-0.05, 0) is 37.6 Å². The Morgan fingerprint density at radius 2 is 1.65 bits per heavy atom. The van der Waals surface area contributed by atoms with Crippen LogP contribution < -0.4 is 4.72 Å². The average molecular weight is 310 g/mol. The van der Waals surface area contributed by atoms with Crippen molar-refractivity contribution in [1.82, 2.24) is 4.72 Å². The van der Waals surface area contributed by atoms with E-state index in [0.29, 0.717) is 5.02 Å². The SMILES string of the molecule is Cc1ccc(S(=O)(=O)NC(C)c2ccccc2Cl)cc1. The van der Waals surface area contributed by atoms with E-state index < -0.39 is 16.1 Å². The normalized spacial score (nSPS) is 13.2. The van der Waals surface area contributed by atoms with Gasteiger partial charge >= 0.3 is 0 Å². The minimum atomic E-state index is -3.55. The Morgan fingerprint density at radius 1 is 1.05 bits per heavy atom. The van der Waals surface area contributed by atoms with Crippen molar-refractivity contribution in [3.63, 3.8) is 0 Å². The lowest BCUT2D eigenvalue weighted by atomic mass is 10.1.